The zero-order valence-corrected chi connectivity index (χ0v) is 11.3. The van der Waals surface area contributed by atoms with Crippen molar-refractivity contribution in [3.63, 3.8) is 0 Å². The van der Waals surface area contributed by atoms with Gasteiger partial charge in [-0.05, 0) is 30.7 Å². The van der Waals surface area contributed by atoms with Gasteiger partial charge in [-0.3, -0.25) is 4.79 Å². The first-order valence-corrected chi connectivity index (χ1v) is 5.93. The minimum Gasteiger partial charge on any atom is -0.374 e. The van der Waals surface area contributed by atoms with E-state index in [-0.39, 0.29) is 11.8 Å². The summed E-state index contributed by atoms with van der Waals surface area (Å²) in [7, 11) is 3.59. The summed E-state index contributed by atoms with van der Waals surface area (Å²) >= 11 is 0. The highest BCUT2D eigenvalue weighted by Gasteiger charge is 2.14. The Kier molecular flexibility index (Phi) is 4.73. The first kappa shape index (κ1) is 14.0. The summed E-state index contributed by atoms with van der Waals surface area (Å²) in [4.78, 5) is 13.5. The molecule has 1 rings (SSSR count). The zero-order valence-electron chi connectivity index (χ0n) is 11.3. The Morgan fingerprint density at radius 2 is 2.22 bits per heavy atom. The summed E-state index contributed by atoms with van der Waals surface area (Å²) in [6, 6.07) is 7.83. The fraction of sp³-hybridized carbons (Fsp3) is 0.429. The number of nitriles is 1. The van der Waals surface area contributed by atoms with E-state index in [1.165, 1.54) is 0 Å². The van der Waals surface area contributed by atoms with Crippen LogP contribution in [0.25, 0.3) is 0 Å². The molecule has 4 nitrogen and oxygen atoms in total. The van der Waals surface area contributed by atoms with Gasteiger partial charge in [0, 0.05) is 26.3 Å². The minimum atomic E-state index is -0.0732. The molecule has 1 aromatic carbocycles. The molecule has 0 aliphatic carbocycles. The van der Waals surface area contributed by atoms with E-state index in [1.54, 1.807) is 7.05 Å². The number of amides is 1. The molecule has 0 saturated carbocycles. The lowest BCUT2D eigenvalue weighted by molar-refractivity contribution is -0.123. The second-order valence-corrected chi connectivity index (χ2v) is 4.51. The topological polar surface area (TPSA) is 56.1 Å². The quantitative estimate of drug-likeness (QED) is 0.878. The molecule has 0 aliphatic heterocycles. The average molecular weight is 245 g/mol. The Balaban J connectivity index is 2.79. The first-order chi connectivity index (χ1) is 8.49. The number of hydrogen-bond acceptors (Lipinski definition) is 3. The van der Waals surface area contributed by atoms with E-state index in [4.69, 9.17) is 5.26 Å². The van der Waals surface area contributed by atoms with Crippen molar-refractivity contribution in [1.29, 1.82) is 5.26 Å². The summed E-state index contributed by atoms with van der Waals surface area (Å²) in [5, 5.41) is 11.5. The Bertz CT molecular complexity index is 476. The lowest BCUT2D eigenvalue weighted by atomic mass is 10.1. The predicted octanol–water partition coefficient (Wildman–Crippen LogP) is 1.69. The van der Waals surface area contributed by atoms with Crippen LogP contribution in [-0.2, 0) is 4.79 Å². The zero-order chi connectivity index (χ0) is 13.7. The van der Waals surface area contributed by atoms with Gasteiger partial charge in [-0.25, -0.2) is 0 Å². The maximum atomic E-state index is 11.5. The SMILES string of the molecule is CNC(=O)C(C)CN(C)c1ccc(C#N)c(C)c1. The minimum absolute atomic E-state index is 0.0345. The molecule has 1 N–H and O–H groups in total. The molecule has 1 amide bonds. The third-order valence-electron chi connectivity index (χ3n) is 3.01. The van der Waals surface area contributed by atoms with Crippen molar-refractivity contribution in [3.8, 4) is 6.07 Å². The smallest absolute Gasteiger partial charge is 0.224 e. The number of benzene rings is 1. The summed E-state index contributed by atoms with van der Waals surface area (Å²) in [6.45, 7) is 4.45. The maximum Gasteiger partial charge on any atom is 0.224 e. The van der Waals surface area contributed by atoms with Crippen molar-refractivity contribution in [3.05, 3.63) is 29.3 Å². The Hall–Kier alpha value is -2.02. The maximum absolute atomic E-state index is 11.5. The highest BCUT2D eigenvalue weighted by Crippen LogP contribution is 2.18. The van der Waals surface area contributed by atoms with Crippen LogP contribution >= 0.6 is 0 Å². The van der Waals surface area contributed by atoms with Crippen LogP contribution in [0.15, 0.2) is 18.2 Å². The van der Waals surface area contributed by atoms with E-state index in [0.717, 1.165) is 11.3 Å². The molecule has 0 spiro atoms. The molecule has 0 fully saturated rings. The van der Waals surface area contributed by atoms with E-state index in [1.807, 2.05) is 44.0 Å². The van der Waals surface area contributed by atoms with Crippen molar-refractivity contribution in [2.24, 2.45) is 5.92 Å². The molecule has 0 aromatic heterocycles. The highest BCUT2D eigenvalue weighted by atomic mass is 16.1. The summed E-state index contributed by atoms with van der Waals surface area (Å²) in [5.41, 5.74) is 2.66. The number of hydrogen-bond donors (Lipinski definition) is 1. The van der Waals surface area contributed by atoms with Crippen LogP contribution in [0.1, 0.15) is 18.1 Å². The van der Waals surface area contributed by atoms with E-state index in [0.29, 0.717) is 12.1 Å². The third kappa shape index (κ3) is 3.24. The molecular weight excluding hydrogens is 226 g/mol. The fourth-order valence-electron chi connectivity index (χ4n) is 1.86. The van der Waals surface area contributed by atoms with Gasteiger partial charge in [-0.2, -0.15) is 5.26 Å². The van der Waals surface area contributed by atoms with Crippen LogP contribution in [-0.4, -0.2) is 26.5 Å². The Morgan fingerprint density at radius 1 is 1.56 bits per heavy atom. The molecule has 0 aliphatic rings. The van der Waals surface area contributed by atoms with Gasteiger partial charge in [0.2, 0.25) is 5.91 Å². The van der Waals surface area contributed by atoms with Gasteiger partial charge < -0.3 is 10.2 Å². The molecule has 0 saturated heterocycles. The number of rotatable bonds is 4. The van der Waals surface area contributed by atoms with Crippen molar-refractivity contribution in [2.45, 2.75) is 13.8 Å². The van der Waals surface area contributed by atoms with Crippen LogP contribution < -0.4 is 10.2 Å². The number of nitrogens with zero attached hydrogens (tertiary/aromatic N) is 2. The number of aryl methyl sites for hydroxylation is 1. The summed E-state index contributed by atoms with van der Waals surface area (Å²) in [5.74, 6) is -0.0387. The van der Waals surface area contributed by atoms with E-state index in [9.17, 15) is 4.79 Å². The van der Waals surface area contributed by atoms with E-state index >= 15 is 0 Å². The van der Waals surface area contributed by atoms with Gasteiger partial charge in [0.15, 0.2) is 0 Å². The molecule has 1 unspecified atom stereocenters. The van der Waals surface area contributed by atoms with Gasteiger partial charge >= 0.3 is 0 Å². The Labute approximate surface area is 108 Å². The first-order valence-electron chi connectivity index (χ1n) is 5.93. The second-order valence-electron chi connectivity index (χ2n) is 4.51. The molecule has 1 atom stereocenters. The molecule has 0 heterocycles. The lowest BCUT2D eigenvalue weighted by Crippen LogP contribution is -2.34. The molecular formula is C14H19N3O. The summed E-state index contributed by atoms with van der Waals surface area (Å²) < 4.78 is 0. The van der Waals surface area contributed by atoms with Crippen molar-refractivity contribution in [2.75, 3.05) is 25.5 Å². The average Bonchev–Trinajstić information content (AvgIpc) is 2.37. The molecule has 4 heteroatoms. The molecule has 0 bridgehead atoms. The fourth-order valence-corrected chi connectivity index (χ4v) is 1.86. The third-order valence-corrected chi connectivity index (χ3v) is 3.01. The molecule has 96 valence electrons. The molecule has 0 radical (unpaired) electrons. The number of carbonyl (C=O) groups is 1. The van der Waals surface area contributed by atoms with Crippen molar-refractivity contribution in [1.82, 2.24) is 5.32 Å². The number of anilines is 1. The van der Waals surface area contributed by atoms with Crippen molar-refractivity contribution >= 4 is 11.6 Å². The van der Waals surface area contributed by atoms with Crippen LogP contribution in [0.3, 0.4) is 0 Å². The van der Waals surface area contributed by atoms with Crippen LogP contribution in [0.4, 0.5) is 5.69 Å². The Morgan fingerprint density at radius 3 is 2.72 bits per heavy atom. The largest absolute Gasteiger partial charge is 0.374 e. The van der Waals surface area contributed by atoms with Crippen molar-refractivity contribution < 1.29 is 4.79 Å². The van der Waals surface area contributed by atoms with Gasteiger partial charge in [-0.1, -0.05) is 6.92 Å². The molecule has 18 heavy (non-hydrogen) atoms. The van der Waals surface area contributed by atoms with Gasteiger partial charge in [0.25, 0.3) is 0 Å². The number of carbonyl (C=O) groups excluding carboxylic acids is 1. The number of nitrogens with one attached hydrogen (secondary N) is 1. The van der Waals surface area contributed by atoms with E-state index in [2.05, 4.69) is 11.4 Å². The van der Waals surface area contributed by atoms with Crippen LogP contribution in [0.5, 0.6) is 0 Å². The molecule has 1 aromatic rings. The van der Waals surface area contributed by atoms with Gasteiger partial charge in [0.1, 0.15) is 0 Å². The predicted molar refractivity (Wildman–Crippen MR) is 72.4 cm³/mol. The van der Waals surface area contributed by atoms with Crippen LogP contribution in [0, 0.1) is 24.2 Å². The monoisotopic (exact) mass is 245 g/mol. The van der Waals surface area contributed by atoms with Gasteiger partial charge in [0.05, 0.1) is 17.6 Å². The van der Waals surface area contributed by atoms with Gasteiger partial charge in [-0.15, -0.1) is 0 Å². The standard InChI is InChI=1S/C14H19N3O/c1-10-7-13(6-5-12(10)8-15)17(4)9-11(2)14(18)16-3/h5-7,11H,9H2,1-4H3,(H,16,18). The highest BCUT2D eigenvalue weighted by molar-refractivity contribution is 5.78. The summed E-state index contributed by atoms with van der Waals surface area (Å²) in [6.07, 6.45) is 0. The van der Waals surface area contributed by atoms with E-state index < -0.39 is 0 Å². The lowest BCUT2D eigenvalue weighted by Gasteiger charge is -2.23. The second kappa shape index (κ2) is 6.06. The normalized spacial score (nSPS) is 11.5. The van der Waals surface area contributed by atoms with Crippen LogP contribution in [0.2, 0.25) is 0 Å².